The Morgan fingerprint density at radius 2 is 1.07 bits per heavy atom. The Kier molecular flexibility index (Phi) is 7.98. The predicted octanol–water partition coefficient (Wildman–Crippen LogP) is 0.738. The van der Waals surface area contributed by atoms with E-state index in [0.29, 0.717) is 0 Å². The maximum atomic E-state index is 13.2. The minimum absolute atomic E-state index is 0.140. The third kappa shape index (κ3) is 5.53. The Morgan fingerprint density at radius 1 is 0.690 bits per heavy atom. The van der Waals surface area contributed by atoms with Crippen LogP contribution in [0.5, 0.6) is 0 Å². The van der Waals surface area contributed by atoms with Crippen LogP contribution >= 0.6 is 0 Å². The van der Waals surface area contributed by atoms with Gasteiger partial charge in [0.1, 0.15) is 0 Å². The van der Waals surface area contributed by atoms with E-state index in [0.717, 1.165) is 97.6 Å². The van der Waals surface area contributed by atoms with Crippen LogP contribution in [-0.2, 0) is 9.59 Å². The van der Waals surface area contributed by atoms with E-state index < -0.39 is 0 Å². The van der Waals surface area contributed by atoms with Gasteiger partial charge < -0.3 is 9.80 Å². The number of rotatable bonds is 6. The van der Waals surface area contributed by atoms with Gasteiger partial charge in [0.05, 0.1) is 0 Å². The first-order chi connectivity index (χ1) is 14.1. The molecule has 6 nitrogen and oxygen atoms in total. The van der Waals surface area contributed by atoms with Crippen LogP contribution in [0.25, 0.3) is 0 Å². The average Bonchev–Trinajstić information content (AvgIpc) is 3.26. The molecule has 6 heteroatoms. The number of piperazine rings is 2. The van der Waals surface area contributed by atoms with Crippen LogP contribution in [0.2, 0.25) is 0 Å². The van der Waals surface area contributed by atoms with Gasteiger partial charge in [-0.3, -0.25) is 19.4 Å². The van der Waals surface area contributed by atoms with Crippen LogP contribution in [0.3, 0.4) is 0 Å². The van der Waals surface area contributed by atoms with Crippen molar-refractivity contribution in [2.45, 2.75) is 32.1 Å². The lowest BCUT2D eigenvalue weighted by molar-refractivity contribution is -0.147. The highest BCUT2D eigenvalue weighted by Gasteiger charge is 2.42. The molecule has 1 saturated carbocycles. The normalized spacial score (nSPS) is 26.1. The number of amides is 2. The van der Waals surface area contributed by atoms with Gasteiger partial charge >= 0.3 is 0 Å². The van der Waals surface area contributed by atoms with Gasteiger partial charge in [0, 0.05) is 90.1 Å². The number of terminal acetylenes is 2. The molecule has 2 amide bonds. The summed E-state index contributed by atoms with van der Waals surface area (Å²) in [6, 6.07) is 0. The first-order valence-electron chi connectivity index (χ1n) is 11.0. The fourth-order valence-electron chi connectivity index (χ4n) is 4.85. The lowest BCUT2D eigenvalue weighted by Crippen LogP contribution is -2.53. The zero-order valence-electron chi connectivity index (χ0n) is 17.5. The molecule has 2 heterocycles. The molecule has 3 fully saturated rings. The molecule has 0 aromatic carbocycles. The summed E-state index contributed by atoms with van der Waals surface area (Å²) in [6.07, 6.45) is 14.9. The van der Waals surface area contributed by atoms with Crippen molar-refractivity contribution in [3.05, 3.63) is 0 Å². The summed E-state index contributed by atoms with van der Waals surface area (Å²) in [5.74, 6) is 5.45. The number of hydrogen-bond acceptors (Lipinski definition) is 4. The molecule has 2 atom stereocenters. The predicted molar refractivity (Wildman–Crippen MR) is 114 cm³/mol. The second-order valence-electron chi connectivity index (χ2n) is 8.39. The van der Waals surface area contributed by atoms with Gasteiger partial charge in [0.25, 0.3) is 0 Å². The third-order valence-electron chi connectivity index (χ3n) is 6.66. The molecule has 0 spiro atoms. The molecule has 0 aromatic rings. The van der Waals surface area contributed by atoms with E-state index in [1.165, 1.54) is 0 Å². The van der Waals surface area contributed by atoms with E-state index in [1.54, 1.807) is 0 Å². The minimum atomic E-state index is -0.140. The first-order valence-corrected chi connectivity index (χ1v) is 11.0. The van der Waals surface area contributed by atoms with Crippen molar-refractivity contribution in [2.24, 2.45) is 11.8 Å². The lowest BCUT2D eigenvalue weighted by Gasteiger charge is -2.38. The van der Waals surface area contributed by atoms with Crippen LogP contribution in [0, 0.1) is 36.5 Å². The first kappa shape index (κ1) is 21.7. The number of nitrogens with zero attached hydrogens (tertiary/aromatic N) is 4. The molecular weight excluding hydrogens is 364 g/mol. The van der Waals surface area contributed by atoms with Crippen molar-refractivity contribution in [1.29, 1.82) is 0 Å². The van der Waals surface area contributed by atoms with E-state index in [4.69, 9.17) is 12.8 Å². The fraction of sp³-hybridized carbons (Fsp3) is 0.739. The van der Waals surface area contributed by atoms with Gasteiger partial charge in [0.15, 0.2) is 0 Å². The topological polar surface area (TPSA) is 47.1 Å². The maximum Gasteiger partial charge on any atom is 0.226 e. The standard InChI is InChI=1S/C23H34N4O2/c1-3-5-10-24-12-16-26(17-13-24)22(28)20-8-7-9-21(20)23(29)27-18-14-25(15-19-27)11-6-4-2/h1-2,20-21H,5-19H2/t20-,21-/m0/s1. The number of carbonyl (C=O) groups is 2. The molecule has 3 aliphatic rings. The minimum Gasteiger partial charge on any atom is -0.340 e. The number of carbonyl (C=O) groups excluding carboxylic acids is 2. The van der Waals surface area contributed by atoms with Gasteiger partial charge in [-0.1, -0.05) is 6.42 Å². The van der Waals surface area contributed by atoms with Crippen molar-refractivity contribution in [3.63, 3.8) is 0 Å². The molecule has 0 N–H and O–H groups in total. The average molecular weight is 399 g/mol. The van der Waals surface area contributed by atoms with Crippen molar-refractivity contribution in [1.82, 2.24) is 19.6 Å². The van der Waals surface area contributed by atoms with Crippen molar-refractivity contribution < 1.29 is 9.59 Å². The SMILES string of the molecule is C#CCCN1CCN(C(=O)[C@H]2CCC[C@@H]2C(=O)N2CCN(CCC#C)CC2)CC1. The molecule has 1 aliphatic carbocycles. The molecule has 3 rings (SSSR count). The van der Waals surface area contributed by atoms with Crippen LogP contribution in [0.4, 0.5) is 0 Å². The Morgan fingerprint density at radius 3 is 1.41 bits per heavy atom. The van der Waals surface area contributed by atoms with Crippen molar-refractivity contribution >= 4 is 11.8 Å². The Balaban J connectivity index is 1.49. The third-order valence-corrected chi connectivity index (χ3v) is 6.66. The summed E-state index contributed by atoms with van der Waals surface area (Å²) < 4.78 is 0. The van der Waals surface area contributed by atoms with Crippen molar-refractivity contribution in [2.75, 3.05) is 65.4 Å². The van der Waals surface area contributed by atoms with Crippen LogP contribution in [0.1, 0.15) is 32.1 Å². The monoisotopic (exact) mass is 398 g/mol. The molecule has 158 valence electrons. The van der Waals surface area contributed by atoms with Gasteiger partial charge in [-0.2, -0.15) is 0 Å². The molecule has 0 radical (unpaired) electrons. The zero-order valence-corrected chi connectivity index (χ0v) is 17.5. The molecule has 2 aliphatic heterocycles. The smallest absolute Gasteiger partial charge is 0.226 e. The Labute approximate surface area is 175 Å². The second kappa shape index (κ2) is 10.7. The maximum absolute atomic E-state index is 13.2. The van der Waals surface area contributed by atoms with E-state index in [2.05, 4.69) is 21.6 Å². The van der Waals surface area contributed by atoms with E-state index in [9.17, 15) is 9.59 Å². The highest BCUT2D eigenvalue weighted by molar-refractivity contribution is 5.88. The summed E-state index contributed by atoms with van der Waals surface area (Å²) in [4.78, 5) is 34.9. The van der Waals surface area contributed by atoms with Crippen molar-refractivity contribution in [3.8, 4) is 24.7 Å². The molecule has 0 unspecified atom stereocenters. The summed E-state index contributed by atoms with van der Waals surface area (Å²) in [5, 5.41) is 0. The molecule has 2 saturated heterocycles. The molecule has 0 bridgehead atoms. The highest BCUT2D eigenvalue weighted by atomic mass is 16.2. The van der Waals surface area contributed by atoms with Gasteiger partial charge in [-0.25, -0.2) is 0 Å². The highest BCUT2D eigenvalue weighted by Crippen LogP contribution is 2.35. The van der Waals surface area contributed by atoms with Gasteiger partial charge in [-0.15, -0.1) is 24.7 Å². The summed E-state index contributed by atoms with van der Waals surface area (Å²) in [7, 11) is 0. The van der Waals surface area contributed by atoms with Gasteiger partial charge in [0.2, 0.25) is 11.8 Å². The molecule has 0 aromatic heterocycles. The quantitative estimate of drug-likeness (QED) is 0.619. The summed E-state index contributed by atoms with van der Waals surface area (Å²) >= 11 is 0. The summed E-state index contributed by atoms with van der Waals surface area (Å²) in [6.45, 7) is 8.27. The fourth-order valence-corrected chi connectivity index (χ4v) is 4.85. The van der Waals surface area contributed by atoms with E-state index >= 15 is 0 Å². The van der Waals surface area contributed by atoms with Crippen LogP contribution < -0.4 is 0 Å². The van der Waals surface area contributed by atoms with E-state index in [-0.39, 0.29) is 23.7 Å². The molecular formula is C23H34N4O2. The lowest BCUT2D eigenvalue weighted by atomic mass is 9.92. The second-order valence-corrected chi connectivity index (χ2v) is 8.39. The van der Waals surface area contributed by atoms with E-state index in [1.807, 2.05) is 9.80 Å². The van der Waals surface area contributed by atoms with Crippen LogP contribution in [0.15, 0.2) is 0 Å². The number of hydrogen-bond donors (Lipinski definition) is 0. The largest absolute Gasteiger partial charge is 0.340 e. The zero-order chi connectivity index (χ0) is 20.6. The van der Waals surface area contributed by atoms with Gasteiger partial charge in [-0.05, 0) is 12.8 Å². The van der Waals surface area contributed by atoms with Crippen LogP contribution in [-0.4, -0.2) is 96.9 Å². The molecule has 29 heavy (non-hydrogen) atoms. The summed E-state index contributed by atoms with van der Waals surface area (Å²) in [5.41, 5.74) is 0. The Hall–Kier alpha value is -2.02. The Bertz CT molecular complexity index is 593.